The smallest absolute Gasteiger partial charge is 0.204 e. The Kier molecular flexibility index (Phi) is 11.1. The minimum absolute atomic E-state index is 0.0137. The SMILES string of the molecule is COc1c(Nc2cc(C)[nH]n2)nc(Sc2ccc(S(=O)(=O)Cc3c(F)c(F)cc(Cl)c3F)cc2F)nc1N1CCC(CCN(C)C)CC1. The van der Waals surface area contributed by atoms with E-state index in [9.17, 15) is 21.6 Å². The number of methoxy groups -OCH3 is 1. The average molecular weight is 728 g/mol. The lowest BCUT2D eigenvalue weighted by Crippen LogP contribution is -2.35. The number of aromatic amines is 1. The Balaban J connectivity index is 1.44. The van der Waals surface area contributed by atoms with Crippen molar-refractivity contribution in [2.24, 2.45) is 5.92 Å². The molecular formula is C31H34ClF4N7O3S2. The van der Waals surface area contributed by atoms with E-state index in [4.69, 9.17) is 21.3 Å². The van der Waals surface area contributed by atoms with Crippen molar-refractivity contribution in [3.05, 3.63) is 69.9 Å². The van der Waals surface area contributed by atoms with Gasteiger partial charge in [-0.2, -0.15) is 5.10 Å². The Hall–Kier alpha value is -3.60. The molecule has 3 heterocycles. The molecule has 1 saturated heterocycles. The fourth-order valence-electron chi connectivity index (χ4n) is 5.31. The molecule has 0 amide bonds. The first-order valence-corrected chi connectivity index (χ1v) is 17.8. The minimum Gasteiger partial charge on any atom is -0.490 e. The van der Waals surface area contributed by atoms with Gasteiger partial charge >= 0.3 is 0 Å². The van der Waals surface area contributed by atoms with E-state index in [0.717, 1.165) is 68.5 Å². The summed E-state index contributed by atoms with van der Waals surface area (Å²) in [6, 6.07) is 5.20. The number of halogens is 5. The first kappa shape index (κ1) is 35.7. The Morgan fingerprint density at radius 2 is 1.81 bits per heavy atom. The zero-order chi connectivity index (χ0) is 34.7. The van der Waals surface area contributed by atoms with E-state index in [1.807, 2.05) is 6.92 Å². The van der Waals surface area contributed by atoms with Crippen molar-refractivity contribution in [2.75, 3.05) is 51.1 Å². The molecule has 5 rings (SSSR count). The summed E-state index contributed by atoms with van der Waals surface area (Å²) in [6.45, 7) is 4.28. The highest BCUT2D eigenvalue weighted by Gasteiger charge is 2.28. The Bertz CT molecular complexity index is 1880. The number of nitrogens with zero attached hydrogens (tertiary/aromatic N) is 5. The van der Waals surface area contributed by atoms with Crippen LogP contribution < -0.4 is 15.0 Å². The van der Waals surface area contributed by atoms with Crippen molar-refractivity contribution in [1.82, 2.24) is 25.1 Å². The summed E-state index contributed by atoms with van der Waals surface area (Å²) in [6.07, 6.45) is 2.98. The number of piperidine rings is 1. The quantitative estimate of drug-likeness (QED) is 0.0921. The molecule has 1 aliphatic rings. The normalized spacial score (nSPS) is 14.2. The van der Waals surface area contributed by atoms with E-state index in [0.29, 0.717) is 35.2 Å². The number of sulfone groups is 1. The molecule has 0 radical (unpaired) electrons. The molecule has 0 bridgehead atoms. The van der Waals surface area contributed by atoms with Gasteiger partial charge in [-0.25, -0.2) is 35.9 Å². The maximum absolute atomic E-state index is 15.5. The highest BCUT2D eigenvalue weighted by Crippen LogP contribution is 2.40. The lowest BCUT2D eigenvalue weighted by atomic mass is 9.93. The van der Waals surface area contributed by atoms with Crippen LogP contribution in [0, 0.1) is 36.1 Å². The predicted octanol–water partition coefficient (Wildman–Crippen LogP) is 6.76. The van der Waals surface area contributed by atoms with Gasteiger partial charge in [-0.15, -0.1) is 0 Å². The van der Waals surface area contributed by atoms with E-state index in [1.165, 1.54) is 13.2 Å². The molecule has 10 nitrogen and oxygen atoms in total. The van der Waals surface area contributed by atoms with Gasteiger partial charge in [-0.1, -0.05) is 11.6 Å². The van der Waals surface area contributed by atoms with Crippen LogP contribution in [0.1, 0.15) is 30.5 Å². The molecule has 1 fully saturated rings. The first-order valence-electron chi connectivity index (χ1n) is 14.9. The lowest BCUT2D eigenvalue weighted by molar-refractivity contribution is 0.311. The molecule has 2 aromatic heterocycles. The number of nitrogens with one attached hydrogen (secondary N) is 2. The molecule has 0 spiro atoms. The van der Waals surface area contributed by atoms with Crippen LogP contribution in [0.5, 0.6) is 5.75 Å². The number of ether oxygens (including phenoxy) is 1. The zero-order valence-corrected chi connectivity index (χ0v) is 29.0. The molecule has 0 atom stereocenters. The molecule has 2 N–H and O–H groups in total. The van der Waals surface area contributed by atoms with Crippen molar-refractivity contribution < 1.29 is 30.7 Å². The third kappa shape index (κ3) is 8.15. The predicted molar refractivity (Wildman–Crippen MR) is 176 cm³/mol. The van der Waals surface area contributed by atoms with Crippen LogP contribution in [-0.4, -0.2) is 74.3 Å². The second-order valence-corrected chi connectivity index (χ2v) is 15.1. The van der Waals surface area contributed by atoms with Crippen molar-refractivity contribution in [2.45, 2.75) is 46.9 Å². The van der Waals surface area contributed by atoms with Crippen LogP contribution in [0.25, 0.3) is 0 Å². The fraction of sp³-hybridized carbons (Fsp3) is 0.387. The molecule has 4 aromatic rings. The minimum atomic E-state index is -4.52. The van der Waals surface area contributed by atoms with Crippen LogP contribution >= 0.6 is 23.4 Å². The number of H-pyrrole nitrogens is 1. The van der Waals surface area contributed by atoms with Crippen LogP contribution in [0.4, 0.5) is 35.0 Å². The van der Waals surface area contributed by atoms with Crippen LogP contribution in [0.3, 0.4) is 0 Å². The van der Waals surface area contributed by atoms with Gasteiger partial charge in [0.2, 0.25) is 5.75 Å². The van der Waals surface area contributed by atoms with Gasteiger partial charge in [-0.05, 0) is 88.8 Å². The summed E-state index contributed by atoms with van der Waals surface area (Å²) < 4.78 is 89.8. The lowest BCUT2D eigenvalue weighted by Gasteiger charge is -2.34. The fourth-order valence-corrected chi connectivity index (χ4v) is 7.63. The van der Waals surface area contributed by atoms with E-state index in [2.05, 4.69) is 44.4 Å². The molecule has 17 heteroatoms. The number of hydrogen-bond acceptors (Lipinski definition) is 10. The Morgan fingerprint density at radius 1 is 1.08 bits per heavy atom. The van der Waals surface area contributed by atoms with Crippen LogP contribution in [0.15, 0.2) is 45.3 Å². The molecule has 0 saturated carbocycles. The van der Waals surface area contributed by atoms with Gasteiger partial charge in [0.05, 0.1) is 27.7 Å². The summed E-state index contributed by atoms with van der Waals surface area (Å²) in [5.74, 6) is -4.60. The van der Waals surface area contributed by atoms with E-state index < -0.39 is 54.3 Å². The molecule has 0 aliphatic carbocycles. The maximum Gasteiger partial charge on any atom is 0.204 e. The van der Waals surface area contributed by atoms with Crippen LogP contribution in [-0.2, 0) is 15.6 Å². The second-order valence-electron chi connectivity index (χ2n) is 11.7. The molecule has 0 unspecified atom stereocenters. The zero-order valence-electron chi connectivity index (χ0n) is 26.6. The first-order chi connectivity index (χ1) is 22.7. The summed E-state index contributed by atoms with van der Waals surface area (Å²) in [7, 11) is 1.09. The third-order valence-electron chi connectivity index (χ3n) is 7.88. The standard InChI is InChI=1S/C31H34ClF4N7O3S2/c1-17-13-25(41-40-17)37-29-28(46-4)30(43-11-8-18(9-12-43)7-10-42(2)3)39-31(38-29)47-24-6-5-19(14-22(24)33)48(44,45)16-20-26(35)21(32)15-23(34)27(20)36/h5-6,13-15,18H,7-12,16H2,1-4H3,(H2,37,38,39,40,41). The molecule has 1 aliphatic heterocycles. The topological polar surface area (TPSA) is 116 Å². The van der Waals surface area contributed by atoms with E-state index >= 15 is 4.39 Å². The Labute approximate surface area is 285 Å². The number of hydrogen-bond donors (Lipinski definition) is 2. The monoisotopic (exact) mass is 727 g/mol. The largest absolute Gasteiger partial charge is 0.490 e. The van der Waals surface area contributed by atoms with Crippen LogP contribution in [0.2, 0.25) is 5.02 Å². The molecule has 2 aromatic carbocycles. The van der Waals surface area contributed by atoms with Gasteiger partial charge in [-0.3, -0.25) is 5.10 Å². The highest BCUT2D eigenvalue weighted by atomic mass is 35.5. The summed E-state index contributed by atoms with van der Waals surface area (Å²) in [4.78, 5) is 13.0. The second kappa shape index (κ2) is 14.9. The summed E-state index contributed by atoms with van der Waals surface area (Å²) in [5.41, 5.74) is -0.268. The van der Waals surface area contributed by atoms with Crippen molar-refractivity contribution in [1.29, 1.82) is 0 Å². The van der Waals surface area contributed by atoms with E-state index in [1.54, 1.807) is 6.07 Å². The molecule has 48 heavy (non-hydrogen) atoms. The number of aromatic nitrogens is 4. The average Bonchev–Trinajstić information content (AvgIpc) is 3.46. The highest BCUT2D eigenvalue weighted by molar-refractivity contribution is 7.99. The summed E-state index contributed by atoms with van der Waals surface area (Å²) >= 11 is 6.43. The van der Waals surface area contributed by atoms with Gasteiger partial charge in [0.15, 0.2) is 44.1 Å². The maximum atomic E-state index is 15.5. The summed E-state index contributed by atoms with van der Waals surface area (Å²) in [5, 5.41) is 9.58. The van der Waals surface area contributed by atoms with Crippen molar-refractivity contribution >= 4 is 50.7 Å². The number of anilines is 3. The number of rotatable bonds is 12. The molecule has 258 valence electrons. The van der Waals surface area contributed by atoms with Gasteiger partial charge in [0, 0.05) is 30.4 Å². The van der Waals surface area contributed by atoms with Crippen molar-refractivity contribution in [3.8, 4) is 5.75 Å². The third-order valence-corrected chi connectivity index (χ3v) is 10.7. The number of aryl methyl sites for hydroxylation is 1. The van der Waals surface area contributed by atoms with Gasteiger partial charge < -0.3 is 19.9 Å². The molecular weight excluding hydrogens is 694 g/mol. The van der Waals surface area contributed by atoms with Crippen molar-refractivity contribution in [3.63, 3.8) is 0 Å². The van der Waals surface area contributed by atoms with Gasteiger partial charge in [0.1, 0.15) is 11.6 Å². The van der Waals surface area contributed by atoms with E-state index in [-0.39, 0.29) is 10.1 Å². The number of benzene rings is 2. The van der Waals surface area contributed by atoms with Gasteiger partial charge in [0.25, 0.3) is 0 Å². The Morgan fingerprint density at radius 3 is 2.44 bits per heavy atom.